The summed E-state index contributed by atoms with van der Waals surface area (Å²) in [6.45, 7) is 2.27. The molecule has 27 heavy (non-hydrogen) atoms. The lowest BCUT2D eigenvalue weighted by molar-refractivity contribution is -0.120. The van der Waals surface area contributed by atoms with Gasteiger partial charge in [-0.3, -0.25) is 4.79 Å². The average molecular weight is 382 g/mol. The topological polar surface area (TPSA) is 75.3 Å². The van der Waals surface area contributed by atoms with E-state index in [1.165, 1.54) is 0 Å². The number of hydrogen-bond donors (Lipinski definition) is 2. The van der Waals surface area contributed by atoms with Crippen LogP contribution in [0.5, 0.6) is 0 Å². The molecule has 3 aromatic carbocycles. The van der Waals surface area contributed by atoms with Gasteiger partial charge in [-0.25, -0.2) is 13.1 Å². The first-order chi connectivity index (χ1) is 12.9. The fourth-order valence-electron chi connectivity index (χ4n) is 2.78. The van der Waals surface area contributed by atoms with Crippen molar-refractivity contribution in [3.8, 4) is 0 Å². The number of rotatable bonds is 7. The molecule has 5 nitrogen and oxygen atoms in total. The Bertz CT molecular complexity index is 1040. The number of carbonyl (C=O) groups is 1. The minimum absolute atomic E-state index is 0.139. The van der Waals surface area contributed by atoms with Gasteiger partial charge in [0.05, 0.1) is 11.3 Å². The van der Waals surface area contributed by atoms with E-state index in [4.69, 9.17) is 0 Å². The van der Waals surface area contributed by atoms with Crippen molar-refractivity contribution in [2.45, 2.75) is 18.2 Å². The smallest absolute Gasteiger partial charge is 0.240 e. The zero-order valence-corrected chi connectivity index (χ0v) is 15.9. The highest BCUT2D eigenvalue weighted by molar-refractivity contribution is 7.89. The van der Waals surface area contributed by atoms with Crippen molar-refractivity contribution >= 4 is 26.7 Å². The summed E-state index contributed by atoms with van der Waals surface area (Å²) in [7, 11) is -3.56. The summed E-state index contributed by atoms with van der Waals surface area (Å²) < 4.78 is 26.9. The minimum atomic E-state index is -3.56. The van der Waals surface area contributed by atoms with E-state index >= 15 is 0 Å². The fraction of sp³-hybridized carbons (Fsp3) is 0.190. The van der Waals surface area contributed by atoms with E-state index in [0.29, 0.717) is 0 Å². The van der Waals surface area contributed by atoms with E-state index < -0.39 is 10.0 Å². The highest BCUT2D eigenvalue weighted by Crippen LogP contribution is 2.16. The summed E-state index contributed by atoms with van der Waals surface area (Å²) in [5, 5.41) is 4.97. The first-order valence-corrected chi connectivity index (χ1v) is 10.2. The molecule has 2 N–H and O–H groups in total. The van der Waals surface area contributed by atoms with Crippen molar-refractivity contribution in [3.63, 3.8) is 0 Å². The van der Waals surface area contributed by atoms with Crippen LogP contribution in [0.1, 0.15) is 11.1 Å². The third-order valence-electron chi connectivity index (χ3n) is 4.25. The molecule has 0 bridgehead atoms. The van der Waals surface area contributed by atoms with Crippen molar-refractivity contribution < 1.29 is 13.2 Å². The molecule has 3 rings (SSSR count). The molecule has 0 saturated heterocycles. The highest BCUT2D eigenvalue weighted by atomic mass is 32.2. The van der Waals surface area contributed by atoms with Crippen molar-refractivity contribution in [1.82, 2.24) is 10.0 Å². The van der Waals surface area contributed by atoms with Gasteiger partial charge < -0.3 is 5.32 Å². The Labute approximate surface area is 159 Å². The summed E-state index contributed by atoms with van der Waals surface area (Å²) in [4.78, 5) is 12.3. The van der Waals surface area contributed by atoms with E-state index in [-0.39, 0.29) is 30.3 Å². The Balaban J connectivity index is 1.48. The summed E-state index contributed by atoms with van der Waals surface area (Å²) in [5.74, 6) is -0.139. The molecule has 0 aliphatic rings. The molecular formula is C21H22N2O3S. The predicted molar refractivity (Wildman–Crippen MR) is 107 cm³/mol. The third-order valence-corrected chi connectivity index (χ3v) is 5.73. The maximum Gasteiger partial charge on any atom is 0.240 e. The van der Waals surface area contributed by atoms with Crippen molar-refractivity contribution in [2.24, 2.45) is 0 Å². The normalized spacial score (nSPS) is 11.4. The second-order valence-corrected chi connectivity index (χ2v) is 8.19. The van der Waals surface area contributed by atoms with E-state index in [0.717, 1.165) is 21.9 Å². The second-order valence-electron chi connectivity index (χ2n) is 6.42. The lowest BCUT2D eigenvalue weighted by Gasteiger charge is -2.09. The fourth-order valence-corrected chi connectivity index (χ4v) is 3.82. The van der Waals surface area contributed by atoms with Crippen LogP contribution in [0, 0.1) is 6.92 Å². The van der Waals surface area contributed by atoms with Crippen LogP contribution in [0.15, 0.2) is 71.6 Å². The molecule has 0 radical (unpaired) electrons. The van der Waals surface area contributed by atoms with Gasteiger partial charge in [0.25, 0.3) is 0 Å². The van der Waals surface area contributed by atoms with Crippen molar-refractivity contribution in [3.05, 3.63) is 77.9 Å². The number of nitrogens with one attached hydrogen (secondary N) is 2. The van der Waals surface area contributed by atoms with Gasteiger partial charge >= 0.3 is 0 Å². The van der Waals surface area contributed by atoms with Crippen molar-refractivity contribution in [2.75, 3.05) is 13.1 Å². The Morgan fingerprint density at radius 2 is 1.59 bits per heavy atom. The van der Waals surface area contributed by atoms with Crippen LogP contribution in [-0.4, -0.2) is 27.4 Å². The number of benzene rings is 3. The van der Waals surface area contributed by atoms with Gasteiger partial charge in [-0.1, -0.05) is 60.2 Å². The van der Waals surface area contributed by atoms with Crippen LogP contribution >= 0.6 is 0 Å². The quantitative estimate of drug-likeness (QED) is 0.617. The van der Waals surface area contributed by atoms with E-state index in [1.807, 2.05) is 49.4 Å². The number of aryl methyl sites for hydroxylation is 1. The standard InChI is InChI=1S/C21H22N2O3S/c1-16-6-10-20(11-7-16)27(25,26)23-13-12-22-21(24)15-17-8-9-18-4-2-3-5-19(18)14-17/h2-11,14,23H,12-13,15H2,1H3,(H,22,24). The first-order valence-electron chi connectivity index (χ1n) is 8.75. The lowest BCUT2D eigenvalue weighted by Crippen LogP contribution is -2.35. The molecule has 0 saturated carbocycles. The van der Waals surface area contributed by atoms with Gasteiger partial charge in [0, 0.05) is 13.1 Å². The molecule has 0 heterocycles. The number of hydrogen-bond acceptors (Lipinski definition) is 3. The van der Waals surface area contributed by atoms with Crippen LogP contribution in [0.25, 0.3) is 10.8 Å². The zero-order chi connectivity index (χ0) is 19.3. The minimum Gasteiger partial charge on any atom is -0.355 e. The van der Waals surface area contributed by atoms with Crippen LogP contribution in [0.4, 0.5) is 0 Å². The largest absolute Gasteiger partial charge is 0.355 e. The third kappa shape index (κ3) is 5.15. The van der Waals surface area contributed by atoms with Gasteiger partial charge in [-0.15, -0.1) is 0 Å². The highest BCUT2D eigenvalue weighted by Gasteiger charge is 2.13. The monoisotopic (exact) mass is 382 g/mol. The molecular weight excluding hydrogens is 360 g/mol. The maximum absolute atomic E-state index is 12.2. The number of carbonyl (C=O) groups excluding carboxylic acids is 1. The first kappa shape index (κ1) is 19.1. The predicted octanol–water partition coefficient (Wildman–Crippen LogP) is 2.79. The van der Waals surface area contributed by atoms with Crippen molar-refractivity contribution in [1.29, 1.82) is 0 Å². The van der Waals surface area contributed by atoms with Crippen LogP contribution < -0.4 is 10.0 Å². The molecule has 6 heteroatoms. The van der Waals surface area contributed by atoms with Gasteiger partial charge in [0.1, 0.15) is 0 Å². The number of sulfonamides is 1. The number of amides is 1. The molecule has 0 fully saturated rings. The van der Waals surface area contributed by atoms with Crippen LogP contribution in [0.3, 0.4) is 0 Å². The second kappa shape index (κ2) is 8.33. The van der Waals surface area contributed by atoms with Crippen LogP contribution in [0.2, 0.25) is 0 Å². The summed E-state index contributed by atoms with van der Waals surface area (Å²) in [5.41, 5.74) is 1.92. The summed E-state index contributed by atoms with van der Waals surface area (Å²) in [6, 6.07) is 20.5. The molecule has 0 atom stereocenters. The maximum atomic E-state index is 12.2. The molecule has 0 aliphatic carbocycles. The molecule has 140 valence electrons. The Morgan fingerprint density at radius 1 is 0.889 bits per heavy atom. The zero-order valence-electron chi connectivity index (χ0n) is 15.1. The van der Waals surface area contributed by atoms with E-state index in [2.05, 4.69) is 10.0 Å². The summed E-state index contributed by atoms with van der Waals surface area (Å²) in [6.07, 6.45) is 0.259. The van der Waals surface area contributed by atoms with Gasteiger partial charge in [0.2, 0.25) is 15.9 Å². The Morgan fingerprint density at radius 3 is 2.33 bits per heavy atom. The Kier molecular flexibility index (Phi) is 5.88. The lowest BCUT2D eigenvalue weighted by atomic mass is 10.1. The summed E-state index contributed by atoms with van der Waals surface area (Å²) >= 11 is 0. The Hall–Kier alpha value is -2.70. The molecule has 0 aromatic heterocycles. The SMILES string of the molecule is Cc1ccc(S(=O)(=O)NCCNC(=O)Cc2ccc3ccccc3c2)cc1. The molecule has 3 aromatic rings. The van der Waals surface area contributed by atoms with Gasteiger partial charge in [-0.2, -0.15) is 0 Å². The van der Waals surface area contributed by atoms with E-state index in [9.17, 15) is 13.2 Å². The molecule has 0 unspecified atom stereocenters. The molecule has 0 spiro atoms. The van der Waals surface area contributed by atoms with Gasteiger partial charge in [0.15, 0.2) is 0 Å². The van der Waals surface area contributed by atoms with E-state index in [1.54, 1.807) is 24.3 Å². The van der Waals surface area contributed by atoms with Gasteiger partial charge in [-0.05, 0) is 35.4 Å². The van der Waals surface area contributed by atoms with Crippen LogP contribution in [-0.2, 0) is 21.2 Å². The average Bonchev–Trinajstić information content (AvgIpc) is 2.65. The number of fused-ring (bicyclic) bond motifs is 1. The molecule has 0 aliphatic heterocycles. The molecule has 1 amide bonds.